The van der Waals surface area contributed by atoms with Crippen molar-refractivity contribution in [1.29, 1.82) is 0 Å². The molecule has 0 aliphatic rings. The first-order valence-corrected chi connectivity index (χ1v) is 5.44. The van der Waals surface area contributed by atoms with Crippen molar-refractivity contribution in [3.63, 3.8) is 0 Å². The van der Waals surface area contributed by atoms with Crippen LogP contribution >= 0.6 is 11.8 Å². The first-order chi connectivity index (χ1) is 7.40. The summed E-state index contributed by atoms with van der Waals surface area (Å²) in [6, 6.07) is 3.77. The number of aromatic nitrogens is 2. The Morgan fingerprint density at radius 3 is 3.00 bits per heavy atom. The van der Waals surface area contributed by atoms with Gasteiger partial charge in [-0.15, -0.1) is 0 Å². The van der Waals surface area contributed by atoms with E-state index in [-0.39, 0.29) is 5.25 Å². The van der Waals surface area contributed by atoms with Gasteiger partial charge in [0, 0.05) is 18.9 Å². The van der Waals surface area contributed by atoms with E-state index < -0.39 is 0 Å². The number of hydrogen-bond donors (Lipinski definition) is 1. The van der Waals surface area contributed by atoms with Crippen LogP contribution in [0.15, 0.2) is 46.4 Å². The zero-order valence-electron chi connectivity index (χ0n) is 8.04. The Kier molecular flexibility index (Phi) is 3.37. The van der Waals surface area contributed by atoms with Gasteiger partial charge < -0.3 is 10.2 Å². The molecular weight excluding hydrogens is 210 g/mol. The molecule has 4 nitrogen and oxygen atoms in total. The average Bonchev–Trinajstić information content (AvgIpc) is 2.81. The van der Waals surface area contributed by atoms with Gasteiger partial charge in [-0.1, -0.05) is 11.8 Å². The van der Waals surface area contributed by atoms with Crippen LogP contribution in [0.2, 0.25) is 0 Å². The fourth-order valence-corrected chi connectivity index (χ4v) is 2.07. The minimum atomic E-state index is 0.0942. The molecule has 1 atom stereocenters. The van der Waals surface area contributed by atoms with E-state index in [9.17, 15) is 0 Å². The molecule has 78 valence electrons. The SMILES string of the molecule is NCC(Sc1cnccn1)c1ccco1. The number of rotatable bonds is 4. The fourth-order valence-electron chi connectivity index (χ4n) is 1.19. The minimum Gasteiger partial charge on any atom is -0.468 e. The third-order valence-electron chi connectivity index (χ3n) is 1.88. The van der Waals surface area contributed by atoms with Gasteiger partial charge in [-0.25, -0.2) is 4.98 Å². The van der Waals surface area contributed by atoms with Crippen LogP contribution in [0.25, 0.3) is 0 Å². The highest BCUT2D eigenvalue weighted by molar-refractivity contribution is 7.99. The summed E-state index contributed by atoms with van der Waals surface area (Å²) < 4.78 is 5.31. The van der Waals surface area contributed by atoms with Gasteiger partial charge in [0.25, 0.3) is 0 Å². The van der Waals surface area contributed by atoms with E-state index in [0.29, 0.717) is 6.54 Å². The molecular formula is C10H11N3OS. The van der Waals surface area contributed by atoms with Crippen molar-refractivity contribution >= 4 is 11.8 Å². The van der Waals surface area contributed by atoms with Crippen molar-refractivity contribution < 1.29 is 4.42 Å². The molecule has 2 aromatic heterocycles. The van der Waals surface area contributed by atoms with Gasteiger partial charge in [0.15, 0.2) is 0 Å². The van der Waals surface area contributed by atoms with Crippen molar-refractivity contribution in [2.75, 3.05) is 6.54 Å². The molecule has 0 saturated carbocycles. The highest BCUT2D eigenvalue weighted by Gasteiger charge is 2.14. The second-order valence-corrected chi connectivity index (χ2v) is 4.12. The molecule has 1 unspecified atom stereocenters. The van der Waals surface area contributed by atoms with E-state index >= 15 is 0 Å². The van der Waals surface area contributed by atoms with E-state index in [1.165, 1.54) is 0 Å². The molecule has 15 heavy (non-hydrogen) atoms. The Balaban J connectivity index is 2.10. The van der Waals surface area contributed by atoms with Crippen LogP contribution < -0.4 is 5.73 Å². The molecule has 0 aliphatic heterocycles. The molecule has 2 heterocycles. The van der Waals surface area contributed by atoms with Gasteiger partial charge >= 0.3 is 0 Å². The van der Waals surface area contributed by atoms with Gasteiger partial charge in [-0.2, -0.15) is 0 Å². The molecule has 0 fully saturated rings. The highest BCUT2D eigenvalue weighted by Crippen LogP contribution is 2.32. The van der Waals surface area contributed by atoms with Crippen molar-refractivity contribution in [1.82, 2.24) is 9.97 Å². The summed E-state index contributed by atoms with van der Waals surface area (Å²) in [5.41, 5.74) is 5.68. The summed E-state index contributed by atoms with van der Waals surface area (Å²) in [4.78, 5) is 8.18. The summed E-state index contributed by atoms with van der Waals surface area (Å²) in [5.74, 6) is 0.869. The highest BCUT2D eigenvalue weighted by atomic mass is 32.2. The molecule has 0 radical (unpaired) electrons. The van der Waals surface area contributed by atoms with Crippen LogP contribution in [0.4, 0.5) is 0 Å². The zero-order chi connectivity index (χ0) is 10.5. The Labute approximate surface area is 91.9 Å². The maximum atomic E-state index is 5.68. The van der Waals surface area contributed by atoms with Crippen LogP contribution in [-0.2, 0) is 0 Å². The monoisotopic (exact) mass is 221 g/mol. The fraction of sp³-hybridized carbons (Fsp3) is 0.200. The normalized spacial score (nSPS) is 12.6. The second kappa shape index (κ2) is 4.95. The maximum absolute atomic E-state index is 5.68. The maximum Gasteiger partial charge on any atom is 0.118 e. The lowest BCUT2D eigenvalue weighted by Gasteiger charge is -2.09. The Morgan fingerprint density at radius 2 is 2.40 bits per heavy atom. The average molecular weight is 221 g/mol. The van der Waals surface area contributed by atoms with E-state index in [0.717, 1.165) is 10.8 Å². The summed E-state index contributed by atoms with van der Waals surface area (Å²) >= 11 is 1.55. The molecule has 0 saturated heterocycles. The largest absolute Gasteiger partial charge is 0.468 e. The van der Waals surface area contributed by atoms with Crippen molar-refractivity contribution in [3.8, 4) is 0 Å². The van der Waals surface area contributed by atoms with Gasteiger partial charge in [-0.05, 0) is 12.1 Å². The number of furan rings is 1. The smallest absolute Gasteiger partial charge is 0.118 e. The molecule has 2 rings (SSSR count). The molecule has 0 spiro atoms. The summed E-state index contributed by atoms with van der Waals surface area (Å²) in [6.07, 6.45) is 6.68. The standard InChI is InChI=1S/C10H11N3OS/c11-6-9(8-2-1-5-14-8)15-10-7-12-3-4-13-10/h1-5,7,9H,6,11H2. The van der Waals surface area contributed by atoms with E-state index in [4.69, 9.17) is 10.2 Å². The lowest BCUT2D eigenvalue weighted by Crippen LogP contribution is -2.08. The van der Waals surface area contributed by atoms with Gasteiger partial charge in [0.05, 0.1) is 17.7 Å². The van der Waals surface area contributed by atoms with Gasteiger partial charge in [-0.3, -0.25) is 4.98 Å². The zero-order valence-corrected chi connectivity index (χ0v) is 8.85. The van der Waals surface area contributed by atoms with Gasteiger partial charge in [0.2, 0.25) is 0 Å². The van der Waals surface area contributed by atoms with Crippen LogP contribution in [-0.4, -0.2) is 16.5 Å². The lowest BCUT2D eigenvalue weighted by molar-refractivity contribution is 0.507. The molecule has 2 aromatic rings. The summed E-state index contributed by atoms with van der Waals surface area (Å²) in [5, 5.41) is 0.945. The molecule has 0 bridgehead atoms. The Hall–Kier alpha value is -1.33. The number of nitrogens with two attached hydrogens (primary N) is 1. The molecule has 0 amide bonds. The minimum absolute atomic E-state index is 0.0942. The van der Waals surface area contributed by atoms with Crippen LogP contribution in [0.1, 0.15) is 11.0 Å². The molecule has 0 aromatic carbocycles. The van der Waals surface area contributed by atoms with E-state index in [1.807, 2.05) is 12.1 Å². The van der Waals surface area contributed by atoms with E-state index in [1.54, 1.807) is 36.6 Å². The quantitative estimate of drug-likeness (QED) is 0.798. The number of thioether (sulfide) groups is 1. The van der Waals surface area contributed by atoms with E-state index in [2.05, 4.69) is 9.97 Å². The predicted molar refractivity (Wildman–Crippen MR) is 58.4 cm³/mol. The molecule has 2 N–H and O–H groups in total. The summed E-state index contributed by atoms with van der Waals surface area (Å²) in [7, 11) is 0. The van der Waals surface area contributed by atoms with Crippen molar-refractivity contribution in [2.45, 2.75) is 10.3 Å². The number of nitrogens with zero attached hydrogens (tertiary/aromatic N) is 2. The summed E-state index contributed by atoms with van der Waals surface area (Å²) in [6.45, 7) is 0.509. The van der Waals surface area contributed by atoms with Crippen molar-refractivity contribution in [3.05, 3.63) is 42.7 Å². The Morgan fingerprint density at radius 1 is 1.47 bits per heavy atom. The van der Waals surface area contributed by atoms with Crippen LogP contribution in [0.3, 0.4) is 0 Å². The van der Waals surface area contributed by atoms with Gasteiger partial charge in [0.1, 0.15) is 10.8 Å². The first-order valence-electron chi connectivity index (χ1n) is 4.56. The third kappa shape index (κ3) is 2.57. The molecule has 0 aliphatic carbocycles. The first kappa shape index (κ1) is 10.2. The van der Waals surface area contributed by atoms with Crippen molar-refractivity contribution in [2.24, 2.45) is 5.73 Å². The number of hydrogen-bond acceptors (Lipinski definition) is 5. The molecule has 5 heteroatoms. The van der Waals surface area contributed by atoms with Crippen LogP contribution in [0.5, 0.6) is 0 Å². The second-order valence-electron chi connectivity index (χ2n) is 2.90. The van der Waals surface area contributed by atoms with Crippen LogP contribution in [0, 0.1) is 0 Å². The predicted octanol–water partition coefficient (Wildman–Crippen LogP) is 1.86. The topological polar surface area (TPSA) is 64.9 Å². The lowest BCUT2D eigenvalue weighted by atomic mass is 10.3. The Bertz CT molecular complexity index is 390. The third-order valence-corrected chi connectivity index (χ3v) is 3.04.